The highest BCUT2D eigenvalue weighted by atomic mass is 16.4. The Labute approximate surface area is 100 Å². The van der Waals surface area contributed by atoms with Gasteiger partial charge in [0.05, 0.1) is 0 Å². The van der Waals surface area contributed by atoms with Crippen molar-refractivity contribution in [1.29, 1.82) is 0 Å². The molecule has 2 aromatic rings. The molecule has 0 radical (unpaired) electrons. The molecule has 2 aromatic carbocycles. The summed E-state index contributed by atoms with van der Waals surface area (Å²) in [5.41, 5.74) is -0.154. The van der Waals surface area contributed by atoms with E-state index in [-0.39, 0.29) is 0 Å². The van der Waals surface area contributed by atoms with E-state index in [1.165, 1.54) is 0 Å². The lowest BCUT2D eigenvalue weighted by atomic mass is 10.0. The Hall–Kier alpha value is -2.03. The van der Waals surface area contributed by atoms with Gasteiger partial charge in [0.1, 0.15) is 5.54 Å². The van der Waals surface area contributed by atoms with Crippen molar-refractivity contribution in [3.05, 3.63) is 42.5 Å². The molecule has 0 aromatic heterocycles. The second kappa shape index (κ2) is 4.09. The van der Waals surface area contributed by atoms with Gasteiger partial charge >= 0.3 is 5.97 Å². The number of fused-ring (bicyclic) bond motifs is 1. The Morgan fingerprint density at radius 1 is 1.12 bits per heavy atom. The number of anilines is 1. The summed E-state index contributed by atoms with van der Waals surface area (Å²) in [7, 11) is 0. The van der Waals surface area contributed by atoms with E-state index in [4.69, 9.17) is 5.11 Å². The first-order valence-electron chi connectivity index (χ1n) is 5.49. The Bertz CT molecular complexity index is 561. The molecule has 3 heteroatoms. The van der Waals surface area contributed by atoms with Gasteiger partial charge in [-0.05, 0) is 36.8 Å². The molecule has 0 saturated heterocycles. The molecule has 0 aliphatic carbocycles. The van der Waals surface area contributed by atoms with Gasteiger partial charge in [-0.25, -0.2) is 4.79 Å². The summed E-state index contributed by atoms with van der Waals surface area (Å²) >= 11 is 0. The molecule has 0 bridgehead atoms. The Morgan fingerprint density at radius 2 is 1.76 bits per heavy atom. The Kier molecular flexibility index (Phi) is 2.76. The molecule has 0 saturated carbocycles. The minimum Gasteiger partial charge on any atom is -0.480 e. The number of benzene rings is 2. The average molecular weight is 229 g/mol. The number of hydrogen-bond acceptors (Lipinski definition) is 2. The summed E-state index contributed by atoms with van der Waals surface area (Å²) < 4.78 is 0. The van der Waals surface area contributed by atoms with Gasteiger partial charge in [-0.1, -0.05) is 30.3 Å². The first-order valence-corrected chi connectivity index (χ1v) is 5.49. The zero-order valence-corrected chi connectivity index (χ0v) is 9.90. The molecule has 0 atom stereocenters. The number of hydrogen-bond donors (Lipinski definition) is 2. The van der Waals surface area contributed by atoms with Gasteiger partial charge < -0.3 is 10.4 Å². The first-order chi connectivity index (χ1) is 7.99. The van der Waals surface area contributed by atoms with E-state index in [2.05, 4.69) is 5.32 Å². The summed E-state index contributed by atoms with van der Waals surface area (Å²) in [4.78, 5) is 11.0. The number of carboxylic acids is 1. The van der Waals surface area contributed by atoms with Gasteiger partial charge in [0.15, 0.2) is 0 Å². The van der Waals surface area contributed by atoms with Gasteiger partial charge in [-0.15, -0.1) is 0 Å². The van der Waals surface area contributed by atoms with Crippen LogP contribution in [-0.2, 0) is 4.79 Å². The molecule has 0 fully saturated rings. The van der Waals surface area contributed by atoms with Crippen LogP contribution in [0.2, 0.25) is 0 Å². The third-order valence-electron chi connectivity index (χ3n) is 2.74. The van der Waals surface area contributed by atoms with Crippen LogP contribution in [0.25, 0.3) is 10.8 Å². The molecule has 0 aliphatic rings. The molecule has 0 amide bonds. The lowest BCUT2D eigenvalue weighted by Crippen LogP contribution is -2.39. The van der Waals surface area contributed by atoms with Crippen LogP contribution >= 0.6 is 0 Å². The van der Waals surface area contributed by atoms with Crippen molar-refractivity contribution in [2.24, 2.45) is 0 Å². The molecule has 88 valence electrons. The van der Waals surface area contributed by atoms with Crippen LogP contribution in [0.5, 0.6) is 0 Å². The third-order valence-corrected chi connectivity index (χ3v) is 2.74. The lowest BCUT2D eigenvalue weighted by Gasteiger charge is -2.22. The van der Waals surface area contributed by atoms with Crippen LogP contribution in [0.1, 0.15) is 13.8 Å². The fourth-order valence-corrected chi connectivity index (χ4v) is 1.68. The van der Waals surface area contributed by atoms with Gasteiger partial charge in [-0.3, -0.25) is 0 Å². The van der Waals surface area contributed by atoms with E-state index in [0.717, 1.165) is 16.5 Å². The molecule has 2 rings (SSSR count). The maximum atomic E-state index is 11.0. The van der Waals surface area contributed by atoms with Crippen LogP contribution < -0.4 is 5.32 Å². The highest BCUT2D eigenvalue weighted by molar-refractivity contribution is 5.87. The smallest absolute Gasteiger partial charge is 0.328 e. The molecule has 2 N–H and O–H groups in total. The molecule has 0 unspecified atom stereocenters. The highest BCUT2D eigenvalue weighted by Gasteiger charge is 2.26. The number of rotatable bonds is 3. The standard InChI is InChI=1S/C14H15NO2/c1-14(2,13(16)17)15-12-8-7-10-5-3-4-6-11(10)9-12/h3-9,15H,1-2H3,(H,16,17). The average Bonchev–Trinajstić information content (AvgIpc) is 2.28. The van der Waals surface area contributed by atoms with Crippen LogP contribution in [0.3, 0.4) is 0 Å². The monoisotopic (exact) mass is 229 g/mol. The van der Waals surface area contributed by atoms with Crippen molar-refractivity contribution >= 4 is 22.4 Å². The van der Waals surface area contributed by atoms with Gasteiger partial charge in [0, 0.05) is 5.69 Å². The van der Waals surface area contributed by atoms with E-state index in [1.54, 1.807) is 13.8 Å². The minimum absolute atomic E-state index is 0.816. The fourth-order valence-electron chi connectivity index (χ4n) is 1.68. The first kappa shape index (κ1) is 11.5. The number of carboxylic acid groups (broad SMARTS) is 1. The zero-order chi connectivity index (χ0) is 12.5. The third kappa shape index (κ3) is 2.38. The molecule has 3 nitrogen and oxygen atoms in total. The number of aliphatic carboxylic acids is 1. The molecule has 0 aliphatic heterocycles. The summed E-state index contributed by atoms with van der Waals surface area (Å²) in [6.45, 7) is 3.29. The predicted molar refractivity (Wildman–Crippen MR) is 69.3 cm³/mol. The normalized spacial score (nSPS) is 11.4. The molecule has 17 heavy (non-hydrogen) atoms. The van der Waals surface area contributed by atoms with Crippen LogP contribution in [0.4, 0.5) is 5.69 Å². The van der Waals surface area contributed by atoms with Crippen molar-refractivity contribution in [1.82, 2.24) is 0 Å². The van der Waals surface area contributed by atoms with Crippen molar-refractivity contribution in [2.75, 3.05) is 5.32 Å². The predicted octanol–water partition coefficient (Wildman–Crippen LogP) is 3.11. The van der Waals surface area contributed by atoms with E-state index >= 15 is 0 Å². The van der Waals surface area contributed by atoms with Gasteiger partial charge in [0.25, 0.3) is 0 Å². The second-order valence-electron chi connectivity index (χ2n) is 4.62. The molecule has 0 spiro atoms. The lowest BCUT2D eigenvalue weighted by molar-refractivity contribution is -0.141. The van der Waals surface area contributed by atoms with E-state index in [1.807, 2.05) is 42.5 Å². The zero-order valence-electron chi connectivity index (χ0n) is 9.90. The Morgan fingerprint density at radius 3 is 2.41 bits per heavy atom. The number of nitrogens with one attached hydrogen (secondary N) is 1. The van der Waals surface area contributed by atoms with E-state index in [9.17, 15) is 4.79 Å². The summed E-state index contributed by atoms with van der Waals surface area (Å²) in [6, 6.07) is 13.8. The topological polar surface area (TPSA) is 49.3 Å². The van der Waals surface area contributed by atoms with Crippen molar-refractivity contribution in [3.63, 3.8) is 0 Å². The SMILES string of the molecule is CC(C)(Nc1ccc2ccccc2c1)C(=O)O. The maximum absolute atomic E-state index is 11.0. The fraction of sp³-hybridized carbons (Fsp3) is 0.214. The molecular formula is C14H15NO2. The maximum Gasteiger partial charge on any atom is 0.328 e. The van der Waals surface area contributed by atoms with Crippen LogP contribution in [-0.4, -0.2) is 16.6 Å². The molecular weight excluding hydrogens is 214 g/mol. The molecule has 0 heterocycles. The summed E-state index contributed by atoms with van der Waals surface area (Å²) in [5.74, 6) is -0.870. The number of carbonyl (C=O) groups is 1. The minimum atomic E-state index is -0.970. The van der Waals surface area contributed by atoms with Gasteiger partial charge in [-0.2, -0.15) is 0 Å². The van der Waals surface area contributed by atoms with Crippen LogP contribution in [0, 0.1) is 0 Å². The summed E-state index contributed by atoms with van der Waals surface area (Å²) in [6.07, 6.45) is 0. The van der Waals surface area contributed by atoms with E-state index in [0.29, 0.717) is 0 Å². The quantitative estimate of drug-likeness (QED) is 0.850. The Balaban J connectivity index is 2.34. The largest absolute Gasteiger partial charge is 0.480 e. The van der Waals surface area contributed by atoms with Crippen molar-refractivity contribution < 1.29 is 9.90 Å². The van der Waals surface area contributed by atoms with E-state index < -0.39 is 11.5 Å². The highest BCUT2D eigenvalue weighted by Crippen LogP contribution is 2.21. The van der Waals surface area contributed by atoms with Gasteiger partial charge in [0.2, 0.25) is 0 Å². The second-order valence-corrected chi connectivity index (χ2v) is 4.62. The van der Waals surface area contributed by atoms with Crippen molar-refractivity contribution in [2.45, 2.75) is 19.4 Å². The van der Waals surface area contributed by atoms with Crippen LogP contribution in [0.15, 0.2) is 42.5 Å². The van der Waals surface area contributed by atoms with Crippen molar-refractivity contribution in [3.8, 4) is 0 Å². The summed E-state index contributed by atoms with van der Waals surface area (Å²) in [5, 5.41) is 14.3.